The number of aliphatic imine (C=N–C) groups is 1. The lowest BCUT2D eigenvalue weighted by atomic mass is 9.95. The minimum absolute atomic E-state index is 0. The summed E-state index contributed by atoms with van der Waals surface area (Å²) in [5.74, 6) is 0.408. The van der Waals surface area contributed by atoms with Crippen LogP contribution in [0.2, 0.25) is 0 Å². The van der Waals surface area contributed by atoms with Gasteiger partial charge in [-0.25, -0.2) is 4.39 Å². The normalized spacial score (nSPS) is 18.2. The number of benzene rings is 1. The van der Waals surface area contributed by atoms with Gasteiger partial charge in [0.25, 0.3) is 0 Å². The molecular formula is C18H29FIN3O2. The summed E-state index contributed by atoms with van der Waals surface area (Å²) in [6.07, 6.45) is 1.18. The van der Waals surface area contributed by atoms with Gasteiger partial charge in [-0.15, -0.1) is 24.0 Å². The highest BCUT2D eigenvalue weighted by molar-refractivity contribution is 14.0. The molecule has 1 saturated heterocycles. The van der Waals surface area contributed by atoms with Gasteiger partial charge in [0.15, 0.2) is 5.96 Å². The molecule has 1 atom stereocenters. The fourth-order valence-electron chi connectivity index (χ4n) is 2.62. The predicted molar refractivity (Wildman–Crippen MR) is 109 cm³/mol. The molecule has 7 heteroatoms. The van der Waals surface area contributed by atoms with Crippen molar-refractivity contribution >= 4 is 29.9 Å². The van der Waals surface area contributed by atoms with E-state index in [1.165, 1.54) is 0 Å². The summed E-state index contributed by atoms with van der Waals surface area (Å²) < 4.78 is 19.0. The van der Waals surface area contributed by atoms with E-state index in [0.717, 1.165) is 5.56 Å². The Hall–Kier alpha value is -0.930. The van der Waals surface area contributed by atoms with E-state index in [4.69, 9.17) is 4.74 Å². The molecule has 1 aliphatic rings. The summed E-state index contributed by atoms with van der Waals surface area (Å²) in [6.45, 7) is 7.85. The first-order valence-electron chi connectivity index (χ1n) is 8.54. The number of guanidine groups is 1. The lowest BCUT2D eigenvalue weighted by Crippen LogP contribution is -2.43. The number of rotatable bonds is 5. The van der Waals surface area contributed by atoms with Gasteiger partial charge in [0.2, 0.25) is 0 Å². The first kappa shape index (κ1) is 22.1. The second-order valence-electron chi connectivity index (χ2n) is 6.41. The third kappa shape index (κ3) is 6.71. The Labute approximate surface area is 166 Å². The number of hydrogen-bond acceptors (Lipinski definition) is 3. The number of nitrogens with zero attached hydrogens (tertiary/aromatic N) is 1. The molecule has 1 fully saturated rings. The summed E-state index contributed by atoms with van der Waals surface area (Å²) in [5, 5.41) is 17.0. The van der Waals surface area contributed by atoms with E-state index in [9.17, 15) is 9.50 Å². The summed E-state index contributed by atoms with van der Waals surface area (Å²) in [7, 11) is 0. The van der Waals surface area contributed by atoms with Crippen LogP contribution in [0.15, 0.2) is 23.2 Å². The van der Waals surface area contributed by atoms with Crippen LogP contribution in [0.3, 0.4) is 0 Å². The molecule has 0 saturated carbocycles. The van der Waals surface area contributed by atoms with Crippen molar-refractivity contribution in [2.45, 2.75) is 45.3 Å². The molecule has 142 valence electrons. The third-order valence-corrected chi connectivity index (χ3v) is 4.35. The van der Waals surface area contributed by atoms with Gasteiger partial charge < -0.3 is 20.5 Å². The van der Waals surface area contributed by atoms with Crippen molar-refractivity contribution in [1.82, 2.24) is 10.6 Å². The van der Waals surface area contributed by atoms with Gasteiger partial charge in [-0.3, -0.25) is 4.99 Å². The van der Waals surface area contributed by atoms with Gasteiger partial charge in [-0.1, -0.05) is 12.1 Å². The number of nitrogens with one attached hydrogen (secondary N) is 2. The maximum absolute atomic E-state index is 13.7. The third-order valence-electron chi connectivity index (χ3n) is 4.35. The molecule has 0 bridgehead atoms. The lowest BCUT2D eigenvalue weighted by Gasteiger charge is -2.30. The van der Waals surface area contributed by atoms with Crippen LogP contribution in [0.1, 0.15) is 43.9 Å². The topological polar surface area (TPSA) is 65.9 Å². The minimum atomic E-state index is -0.806. The first-order chi connectivity index (χ1) is 11.4. The Morgan fingerprint density at radius 1 is 1.40 bits per heavy atom. The van der Waals surface area contributed by atoms with Crippen molar-refractivity contribution in [2.24, 2.45) is 4.99 Å². The Kier molecular flexibility index (Phi) is 9.09. The zero-order valence-electron chi connectivity index (χ0n) is 15.1. The first-order valence-corrected chi connectivity index (χ1v) is 8.54. The molecule has 3 N–H and O–H groups in total. The minimum Gasteiger partial charge on any atom is -0.388 e. The van der Waals surface area contributed by atoms with E-state index in [0.29, 0.717) is 50.7 Å². The predicted octanol–water partition coefficient (Wildman–Crippen LogP) is 2.91. The highest BCUT2D eigenvalue weighted by Crippen LogP contribution is 2.21. The van der Waals surface area contributed by atoms with Gasteiger partial charge in [0.05, 0.1) is 18.2 Å². The van der Waals surface area contributed by atoms with Crippen LogP contribution in [0.4, 0.5) is 4.39 Å². The molecule has 0 radical (unpaired) electrons. The highest BCUT2D eigenvalue weighted by atomic mass is 127. The monoisotopic (exact) mass is 465 g/mol. The SMILES string of the molecule is CCNC(=NCC1(O)CCOCC1)NC(C)c1ccc(C)c(F)c1.I. The number of ether oxygens (including phenoxy) is 1. The molecule has 1 aromatic carbocycles. The molecule has 0 amide bonds. The van der Waals surface area contributed by atoms with E-state index in [1.807, 2.05) is 19.9 Å². The molecule has 0 spiro atoms. The Bertz CT molecular complexity index is 577. The summed E-state index contributed by atoms with van der Waals surface area (Å²) >= 11 is 0. The number of hydrogen-bond donors (Lipinski definition) is 3. The van der Waals surface area contributed by atoms with E-state index in [-0.39, 0.29) is 35.8 Å². The maximum Gasteiger partial charge on any atom is 0.191 e. The Morgan fingerprint density at radius 3 is 2.68 bits per heavy atom. The molecule has 5 nitrogen and oxygen atoms in total. The van der Waals surface area contributed by atoms with Crippen LogP contribution in [-0.4, -0.2) is 43.0 Å². The van der Waals surface area contributed by atoms with E-state index in [2.05, 4.69) is 15.6 Å². The van der Waals surface area contributed by atoms with Gasteiger partial charge >= 0.3 is 0 Å². The van der Waals surface area contributed by atoms with Crippen molar-refractivity contribution in [3.8, 4) is 0 Å². The van der Waals surface area contributed by atoms with Gasteiger partial charge in [0.1, 0.15) is 5.82 Å². The maximum atomic E-state index is 13.7. The standard InChI is InChI=1S/C18H28FN3O2.HI/c1-4-20-17(21-12-18(23)7-9-24-10-8-18)22-14(3)15-6-5-13(2)16(19)11-15;/h5-6,11,14,23H,4,7-10,12H2,1-3H3,(H2,20,21,22);1H. The number of aryl methyl sites for hydroxylation is 1. The zero-order valence-corrected chi connectivity index (χ0v) is 17.5. The van der Waals surface area contributed by atoms with E-state index in [1.54, 1.807) is 19.1 Å². The molecule has 0 aliphatic carbocycles. The number of aliphatic hydroxyl groups is 1. The van der Waals surface area contributed by atoms with Crippen LogP contribution in [0.25, 0.3) is 0 Å². The van der Waals surface area contributed by atoms with E-state index < -0.39 is 5.60 Å². The average molecular weight is 465 g/mol. The fraction of sp³-hybridized carbons (Fsp3) is 0.611. The zero-order chi connectivity index (χ0) is 17.6. The van der Waals surface area contributed by atoms with Crippen molar-refractivity contribution in [1.29, 1.82) is 0 Å². The molecule has 1 aromatic rings. The Balaban J connectivity index is 0.00000312. The van der Waals surface area contributed by atoms with Crippen LogP contribution in [-0.2, 0) is 4.74 Å². The average Bonchev–Trinajstić information content (AvgIpc) is 2.56. The van der Waals surface area contributed by atoms with Crippen LogP contribution in [0.5, 0.6) is 0 Å². The van der Waals surface area contributed by atoms with Crippen LogP contribution in [0, 0.1) is 12.7 Å². The van der Waals surface area contributed by atoms with Crippen molar-refractivity contribution in [3.05, 3.63) is 35.1 Å². The summed E-state index contributed by atoms with van der Waals surface area (Å²) in [5.41, 5.74) is 0.682. The second-order valence-corrected chi connectivity index (χ2v) is 6.41. The molecule has 0 aromatic heterocycles. The largest absolute Gasteiger partial charge is 0.388 e. The molecular weight excluding hydrogens is 436 g/mol. The highest BCUT2D eigenvalue weighted by Gasteiger charge is 2.29. The second kappa shape index (κ2) is 10.3. The van der Waals surface area contributed by atoms with Crippen LogP contribution < -0.4 is 10.6 Å². The lowest BCUT2D eigenvalue weighted by molar-refractivity contribution is -0.0566. The molecule has 25 heavy (non-hydrogen) atoms. The van der Waals surface area contributed by atoms with Crippen LogP contribution >= 0.6 is 24.0 Å². The summed E-state index contributed by atoms with van der Waals surface area (Å²) in [6, 6.07) is 5.13. The Morgan fingerprint density at radius 2 is 2.08 bits per heavy atom. The molecule has 1 heterocycles. The van der Waals surface area contributed by atoms with Gasteiger partial charge in [-0.05, 0) is 38.0 Å². The van der Waals surface area contributed by atoms with Crippen molar-refractivity contribution in [3.63, 3.8) is 0 Å². The van der Waals surface area contributed by atoms with Crippen molar-refractivity contribution < 1.29 is 14.2 Å². The summed E-state index contributed by atoms with van der Waals surface area (Å²) in [4.78, 5) is 4.51. The van der Waals surface area contributed by atoms with Gasteiger partial charge in [-0.2, -0.15) is 0 Å². The van der Waals surface area contributed by atoms with Crippen molar-refractivity contribution in [2.75, 3.05) is 26.3 Å². The van der Waals surface area contributed by atoms with E-state index >= 15 is 0 Å². The molecule has 2 rings (SSSR count). The quantitative estimate of drug-likeness (QED) is 0.356. The smallest absolute Gasteiger partial charge is 0.191 e. The molecule has 1 aliphatic heterocycles. The molecule has 1 unspecified atom stereocenters. The number of halogens is 2. The van der Waals surface area contributed by atoms with Gasteiger partial charge in [0, 0.05) is 32.6 Å². The fourth-order valence-corrected chi connectivity index (χ4v) is 2.62.